The van der Waals surface area contributed by atoms with Gasteiger partial charge in [0.1, 0.15) is 0 Å². The van der Waals surface area contributed by atoms with Crippen molar-refractivity contribution in [2.75, 3.05) is 0 Å². The summed E-state index contributed by atoms with van der Waals surface area (Å²) < 4.78 is 0.336. The number of rotatable bonds is 6. The summed E-state index contributed by atoms with van der Waals surface area (Å²) >= 11 is 5.11. The minimum absolute atomic E-state index is 0.0633. The summed E-state index contributed by atoms with van der Waals surface area (Å²) in [7, 11) is 0. The molecule has 6 heteroatoms. The first-order valence-corrected chi connectivity index (χ1v) is 8.93. The Bertz CT molecular complexity index is 1010. The molecule has 0 fully saturated rings. The van der Waals surface area contributed by atoms with Gasteiger partial charge in [-0.15, -0.1) is 0 Å². The second-order valence-electron chi connectivity index (χ2n) is 6.28. The maximum atomic E-state index is 11.1. The van der Waals surface area contributed by atoms with Gasteiger partial charge in [0, 0.05) is 11.3 Å². The number of pyridine rings is 1. The van der Waals surface area contributed by atoms with Crippen molar-refractivity contribution >= 4 is 18.1 Å². The number of H-pyrrole nitrogens is 1. The summed E-state index contributed by atoms with van der Waals surface area (Å²) in [5.74, 6) is -0.377. The molecule has 27 heavy (non-hydrogen) atoms. The number of carbonyl (C=O) groups excluding carboxylic acids is 1. The van der Waals surface area contributed by atoms with Crippen LogP contribution in [0, 0.1) is 4.51 Å². The molecular formula is C21H20N2O3S. The number of aromatic nitrogens is 1. The summed E-state index contributed by atoms with van der Waals surface area (Å²) in [6.45, 7) is -0.153. The number of hydrogen-bond donors (Lipinski definition) is 4. The lowest BCUT2D eigenvalue weighted by molar-refractivity contribution is 0.100. The molecule has 0 unspecified atom stereocenters. The maximum absolute atomic E-state index is 11.1. The number of amides is 1. The number of aliphatic hydroxyl groups is 1. The number of aliphatic hydroxyl groups excluding tert-OH is 1. The molecule has 0 saturated heterocycles. The van der Waals surface area contributed by atoms with E-state index in [1.54, 1.807) is 18.2 Å². The fraction of sp³-hybridized carbons (Fsp3) is 0.143. The molecule has 0 bridgehead atoms. The number of benzene rings is 2. The molecular weight excluding hydrogens is 360 g/mol. The Kier molecular flexibility index (Phi) is 5.69. The van der Waals surface area contributed by atoms with E-state index in [2.05, 4.69) is 4.98 Å². The molecule has 3 rings (SSSR count). The van der Waals surface area contributed by atoms with Gasteiger partial charge in [0.25, 0.3) is 0 Å². The van der Waals surface area contributed by atoms with Crippen molar-refractivity contribution < 1.29 is 15.0 Å². The van der Waals surface area contributed by atoms with Crippen LogP contribution in [0.3, 0.4) is 0 Å². The number of primary amides is 1. The van der Waals surface area contributed by atoms with Gasteiger partial charge in [-0.1, -0.05) is 48.6 Å². The molecule has 1 heterocycles. The highest BCUT2D eigenvalue weighted by Crippen LogP contribution is 2.23. The van der Waals surface area contributed by atoms with Gasteiger partial charge in [0.05, 0.1) is 16.8 Å². The van der Waals surface area contributed by atoms with E-state index >= 15 is 0 Å². The van der Waals surface area contributed by atoms with Crippen molar-refractivity contribution in [1.29, 1.82) is 0 Å². The van der Waals surface area contributed by atoms with E-state index < -0.39 is 5.91 Å². The van der Waals surface area contributed by atoms with Crippen LogP contribution in [0.4, 0.5) is 0 Å². The van der Waals surface area contributed by atoms with Crippen molar-refractivity contribution in [1.82, 2.24) is 4.98 Å². The van der Waals surface area contributed by atoms with E-state index in [-0.39, 0.29) is 12.4 Å². The number of hydrogen-bond acceptors (Lipinski definition) is 4. The van der Waals surface area contributed by atoms with Gasteiger partial charge >= 0.3 is 0 Å². The van der Waals surface area contributed by atoms with Crippen LogP contribution in [-0.2, 0) is 19.4 Å². The van der Waals surface area contributed by atoms with E-state index in [4.69, 9.17) is 18.0 Å². The molecule has 2 aromatic carbocycles. The number of carbonyl (C=O) groups is 1. The highest BCUT2D eigenvalue weighted by Gasteiger charge is 2.07. The summed E-state index contributed by atoms with van der Waals surface area (Å²) in [4.78, 5) is 14.2. The van der Waals surface area contributed by atoms with Crippen molar-refractivity contribution in [3.05, 3.63) is 81.6 Å². The van der Waals surface area contributed by atoms with E-state index in [1.165, 1.54) is 0 Å². The second kappa shape index (κ2) is 8.16. The van der Waals surface area contributed by atoms with Crippen LogP contribution in [0.2, 0.25) is 0 Å². The average molecular weight is 380 g/mol. The lowest BCUT2D eigenvalue weighted by Crippen LogP contribution is -2.10. The topological polar surface area (TPSA) is 99.3 Å². The zero-order valence-electron chi connectivity index (χ0n) is 14.6. The monoisotopic (exact) mass is 380 g/mol. The van der Waals surface area contributed by atoms with Crippen LogP contribution >= 0.6 is 12.2 Å². The fourth-order valence-electron chi connectivity index (χ4n) is 2.89. The van der Waals surface area contributed by atoms with Gasteiger partial charge in [-0.2, -0.15) is 0 Å². The lowest BCUT2D eigenvalue weighted by Gasteiger charge is -2.09. The molecule has 138 valence electrons. The standard InChI is InChI=1S/C21H20N2O3S/c22-21(26)16-8-6-15(7-9-16)14-4-1-13(2-5-14)3-10-18-20(25)19(27)11-17(12-24)23-18/h1-2,4-9,11,24-25H,3,10,12H2,(H2,22,26)(H,23,27). The summed E-state index contributed by atoms with van der Waals surface area (Å²) in [6, 6.07) is 16.8. The van der Waals surface area contributed by atoms with Crippen LogP contribution in [0.1, 0.15) is 27.3 Å². The highest BCUT2D eigenvalue weighted by atomic mass is 32.1. The molecule has 0 radical (unpaired) electrons. The Hall–Kier alpha value is -2.96. The number of aromatic hydroxyl groups is 1. The van der Waals surface area contributed by atoms with Crippen molar-refractivity contribution in [3.63, 3.8) is 0 Å². The van der Waals surface area contributed by atoms with E-state index in [0.717, 1.165) is 16.7 Å². The molecule has 0 atom stereocenters. The third kappa shape index (κ3) is 4.42. The molecule has 0 aliphatic carbocycles. The van der Waals surface area contributed by atoms with Crippen LogP contribution in [-0.4, -0.2) is 21.1 Å². The number of nitrogens with two attached hydrogens (primary N) is 1. The lowest BCUT2D eigenvalue weighted by atomic mass is 10.0. The zero-order chi connectivity index (χ0) is 19.4. The minimum Gasteiger partial charge on any atom is -0.505 e. The molecule has 1 amide bonds. The molecule has 1 aromatic heterocycles. The highest BCUT2D eigenvalue weighted by molar-refractivity contribution is 7.71. The molecule has 0 saturated carbocycles. The predicted molar refractivity (Wildman–Crippen MR) is 107 cm³/mol. The van der Waals surface area contributed by atoms with Crippen molar-refractivity contribution in [2.24, 2.45) is 5.73 Å². The molecule has 0 aliphatic rings. The Balaban J connectivity index is 1.72. The molecule has 5 N–H and O–H groups in total. The number of aryl methyl sites for hydroxylation is 2. The summed E-state index contributed by atoms with van der Waals surface area (Å²) in [5.41, 5.74) is 10.1. The maximum Gasteiger partial charge on any atom is 0.248 e. The molecule has 5 nitrogen and oxygen atoms in total. The minimum atomic E-state index is -0.440. The SMILES string of the molecule is NC(=O)c1ccc(-c2ccc(CCc3[nH]c(CO)cc(=S)c3O)cc2)cc1. The molecule has 3 aromatic rings. The van der Waals surface area contributed by atoms with Crippen molar-refractivity contribution in [2.45, 2.75) is 19.4 Å². The predicted octanol–water partition coefficient (Wildman–Crippen LogP) is 3.49. The fourth-order valence-corrected chi connectivity index (χ4v) is 3.16. The second-order valence-corrected chi connectivity index (χ2v) is 6.72. The third-order valence-corrected chi connectivity index (χ3v) is 4.74. The van der Waals surface area contributed by atoms with Gasteiger partial charge in [-0.25, -0.2) is 0 Å². The van der Waals surface area contributed by atoms with Gasteiger partial charge in [-0.05, 0) is 47.7 Å². The first-order chi connectivity index (χ1) is 13.0. The van der Waals surface area contributed by atoms with Crippen LogP contribution in [0.5, 0.6) is 5.75 Å². The summed E-state index contributed by atoms with van der Waals surface area (Å²) in [5, 5.41) is 19.4. The van der Waals surface area contributed by atoms with E-state index in [1.807, 2.05) is 36.4 Å². The molecule has 0 spiro atoms. The Morgan fingerprint density at radius 1 is 1.00 bits per heavy atom. The quantitative estimate of drug-likeness (QED) is 0.492. The normalized spacial score (nSPS) is 10.7. The van der Waals surface area contributed by atoms with Crippen LogP contribution in [0.25, 0.3) is 11.1 Å². The Labute approximate surface area is 162 Å². The van der Waals surface area contributed by atoms with Crippen molar-refractivity contribution in [3.8, 4) is 16.9 Å². The van der Waals surface area contributed by atoms with Gasteiger partial charge in [0.15, 0.2) is 5.75 Å². The van der Waals surface area contributed by atoms with Crippen LogP contribution < -0.4 is 5.73 Å². The number of nitrogens with one attached hydrogen (secondary N) is 1. The molecule has 0 aliphatic heterocycles. The van der Waals surface area contributed by atoms with E-state index in [9.17, 15) is 15.0 Å². The summed E-state index contributed by atoms with van der Waals surface area (Å²) in [6.07, 6.45) is 1.30. The first kappa shape index (κ1) is 18.8. The third-order valence-electron chi connectivity index (χ3n) is 4.43. The largest absolute Gasteiger partial charge is 0.505 e. The van der Waals surface area contributed by atoms with Crippen LogP contribution in [0.15, 0.2) is 54.6 Å². The van der Waals surface area contributed by atoms with E-state index in [0.29, 0.717) is 34.3 Å². The zero-order valence-corrected chi connectivity index (χ0v) is 15.4. The average Bonchev–Trinajstić information content (AvgIpc) is 2.69. The van der Waals surface area contributed by atoms with Gasteiger partial charge < -0.3 is 20.9 Å². The van der Waals surface area contributed by atoms with Gasteiger partial charge in [-0.3, -0.25) is 4.79 Å². The smallest absolute Gasteiger partial charge is 0.248 e. The number of aromatic amines is 1. The van der Waals surface area contributed by atoms with Gasteiger partial charge in [0.2, 0.25) is 5.91 Å². The first-order valence-electron chi connectivity index (χ1n) is 8.52. The Morgan fingerprint density at radius 2 is 1.59 bits per heavy atom. The Morgan fingerprint density at radius 3 is 2.15 bits per heavy atom.